The Morgan fingerprint density at radius 3 is 2.15 bits per heavy atom. The molecule has 138 valence electrons. The van der Waals surface area contributed by atoms with E-state index in [4.69, 9.17) is 18.9 Å². The fourth-order valence-corrected chi connectivity index (χ4v) is 3.07. The molecule has 1 heterocycles. The number of benzene rings is 2. The molecular weight excluding hydrogens is 332 g/mol. The van der Waals surface area contributed by atoms with Crippen molar-refractivity contribution in [2.24, 2.45) is 0 Å². The third-order valence-electron chi connectivity index (χ3n) is 4.50. The second-order valence-corrected chi connectivity index (χ2v) is 6.33. The Bertz CT molecular complexity index is 685. The molecule has 3 rings (SSSR count). The van der Waals surface area contributed by atoms with E-state index in [1.807, 2.05) is 61.5 Å². The lowest BCUT2D eigenvalue weighted by Crippen LogP contribution is -2.37. The molecule has 1 fully saturated rings. The molecule has 0 saturated carbocycles. The fraction of sp³-hybridized carbons (Fsp3) is 0.381. The molecule has 0 aliphatic carbocycles. The SMILES string of the molecule is COc1ccc(CO[C@@H]2[C@@H](OCc3ccccc3)[C@@H](C)O[C@@H]2C=O)cc1. The Kier molecular flexibility index (Phi) is 6.39. The van der Waals surface area contributed by atoms with Crippen LogP contribution in [0, 0.1) is 0 Å². The van der Waals surface area contributed by atoms with Gasteiger partial charge in [-0.3, -0.25) is 0 Å². The van der Waals surface area contributed by atoms with E-state index in [-0.39, 0.29) is 12.2 Å². The van der Waals surface area contributed by atoms with Crippen LogP contribution in [0.5, 0.6) is 5.75 Å². The minimum absolute atomic E-state index is 0.213. The van der Waals surface area contributed by atoms with Crippen molar-refractivity contribution in [3.05, 3.63) is 65.7 Å². The van der Waals surface area contributed by atoms with Gasteiger partial charge in [0, 0.05) is 0 Å². The molecule has 5 heteroatoms. The summed E-state index contributed by atoms with van der Waals surface area (Å²) < 4.78 is 22.9. The average Bonchev–Trinajstić information content (AvgIpc) is 3.00. The van der Waals surface area contributed by atoms with Crippen LogP contribution in [0.4, 0.5) is 0 Å². The maximum Gasteiger partial charge on any atom is 0.151 e. The molecule has 2 aromatic rings. The van der Waals surface area contributed by atoms with Crippen LogP contribution in [0.15, 0.2) is 54.6 Å². The van der Waals surface area contributed by atoms with Crippen molar-refractivity contribution in [2.45, 2.75) is 44.6 Å². The molecule has 26 heavy (non-hydrogen) atoms. The number of hydrogen-bond acceptors (Lipinski definition) is 5. The number of carbonyl (C=O) groups is 1. The minimum atomic E-state index is -0.621. The van der Waals surface area contributed by atoms with Gasteiger partial charge < -0.3 is 23.7 Å². The van der Waals surface area contributed by atoms with Gasteiger partial charge in [-0.1, -0.05) is 42.5 Å². The van der Waals surface area contributed by atoms with Crippen LogP contribution in [0.2, 0.25) is 0 Å². The number of ether oxygens (including phenoxy) is 4. The molecule has 1 aliphatic rings. The maximum absolute atomic E-state index is 11.4. The fourth-order valence-electron chi connectivity index (χ4n) is 3.07. The Balaban J connectivity index is 1.63. The summed E-state index contributed by atoms with van der Waals surface area (Å²) in [7, 11) is 1.63. The van der Waals surface area contributed by atoms with Gasteiger partial charge in [-0.05, 0) is 30.2 Å². The molecule has 0 radical (unpaired) electrons. The van der Waals surface area contributed by atoms with Crippen molar-refractivity contribution in [3.8, 4) is 5.75 Å². The Labute approximate surface area is 153 Å². The van der Waals surface area contributed by atoms with Crippen molar-refractivity contribution in [2.75, 3.05) is 7.11 Å². The van der Waals surface area contributed by atoms with Crippen molar-refractivity contribution in [3.63, 3.8) is 0 Å². The first-order valence-corrected chi connectivity index (χ1v) is 8.72. The number of rotatable bonds is 8. The Hall–Kier alpha value is -2.21. The quantitative estimate of drug-likeness (QED) is 0.680. The summed E-state index contributed by atoms with van der Waals surface area (Å²) in [5.41, 5.74) is 2.07. The summed E-state index contributed by atoms with van der Waals surface area (Å²) >= 11 is 0. The molecule has 1 saturated heterocycles. The second kappa shape index (κ2) is 8.94. The first kappa shape index (κ1) is 18.6. The highest BCUT2D eigenvalue weighted by Crippen LogP contribution is 2.27. The van der Waals surface area contributed by atoms with Crippen LogP contribution in [-0.2, 0) is 32.2 Å². The Morgan fingerprint density at radius 2 is 1.54 bits per heavy atom. The standard InChI is InChI=1S/C21H24O5/c1-15-20(24-13-16-6-4-3-5-7-16)21(19(12-22)26-15)25-14-17-8-10-18(23-2)11-9-17/h3-12,15,19-21H,13-14H2,1-2H3/t15-,19-,20+,21+/m1/s1. The van der Waals surface area contributed by atoms with Gasteiger partial charge in [-0.25, -0.2) is 0 Å². The van der Waals surface area contributed by atoms with Crippen LogP contribution in [0.3, 0.4) is 0 Å². The van der Waals surface area contributed by atoms with E-state index in [0.29, 0.717) is 13.2 Å². The molecule has 0 unspecified atom stereocenters. The monoisotopic (exact) mass is 356 g/mol. The molecular formula is C21H24O5. The summed E-state index contributed by atoms with van der Waals surface area (Å²) in [6.45, 7) is 2.73. The highest BCUT2D eigenvalue weighted by Gasteiger charge is 2.44. The lowest BCUT2D eigenvalue weighted by Gasteiger charge is -2.23. The van der Waals surface area contributed by atoms with Gasteiger partial charge in [0.1, 0.15) is 24.1 Å². The highest BCUT2D eigenvalue weighted by molar-refractivity contribution is 5.58. The summed E-state index contributed by atoms with van der Waals surface area (Å²) in [5.74, 6) is 0.793. The number of hydrogen-bond donors (Lipinski definition) is 0. The predicted molar refractivity (Wildman–Crippen MR) is 97.0 cm³/mol. The van der Waals surface area contributed by atoms with Gasteiger partial charge in [0.05, 0.1) is 26.4 Å². The largest absolute Gasteiger partial charge is 0.497 e. The maximum atomic E-state index is 11.4. The number of carbonyl (C=O) groups excluding carboxylic acids is 1. The topological polar surface area (TPSA) is 54.0 Å². The molecule has 0 spiro atoms. The summed E-state index contributed by atoms with van der Waals surface area (Å²) in [5, 5.41) is 0. The molecule has 0 N–H and O–H groups in total. The van der Waals surface area contributed by atoms with E-state index in [1.54, 1.807) is 7.11 Å². The van der Waals surface area contributed by atoms with Crippen molar-refractivity contribution < 1.29 is 23.7 Å². The zero-order valence-electron chi connectivity index (χ0n) is 15.0. The van der Waals surface area contributed by atoms with Crippen LogP contribution < -0.4 is 4.74 Å². The van der Waals surface area contributed by atoms with Gasteiger partial charge >= 0.3 is 0 Å². The van der Waals surface area contributed by atoms with E-state index < -0.39 is 12.2 Å². The normalized spacial score (nSPS) is 25.2. The number of aldehydes is 1. The highest BCUT2D eigenvalue weighted by atomic mass is 16.6. The van der Waals surface area contributed by atoms with Gasteiger partial charge in [0.15, 0.2) is 6.29 Å². The van der Waals surface area contributed by atoms with E-state index in [1.165, 1.54) is 0 Å². The molecule has 4 atom stereocenters. The van der Waals surface area contributed by atoms with Gasteiger partial charge in [0.25, 0.3) is 0 Å². The van der Waals surface area contributed by atoms with Crippen LogP contribution in [-0.4, -0.2) is 37.8 Å². The summed E-state index contributed by atoms with van der Waals surface area (Å²) in [6, 6.07) is 17.6. The number of methoxy groups -OCH3 is 1. The minimum Gasteiger partial charge on any atom is -0.497 e. The van der Waals surface area contributed by atoms with Crippen molar-refractivity contribution in [1.29, 1.82) is 0 Å². The third kappa shape index (κ3) is 4.49. The third-order valence-corrected chi connectivity index (χ3v) is 4.50. The zero-order valence-corrected chi connectivity index (χ0v) is 15.0. The van der Waals surface area contributed by atoms with E-state index >= 15 is 0 Å². The van der Waals surface area contributed by atoms with Gasteiger partial charge in [-0.2, -0.15) is 0 Å². The first-order chi connectivity index (χ1) is 12.7. The predicted octanol–water partition coefficient (Wildman–Crippen LogP) is 3.15. The Morgan fingerprint density at radius 1 is 0.923 bits per heavy atom. The molecule has 5 nitrogen and oxygen atoms in total. The zero-order chi connectivity index (χ0) is 18.4. The lowest BCUT2D eigenvalue weighted by molar-refractivity contribution is -0.124. The van der Waals surface area contributed by atoms with Gasteiger partial charge in [0.2, 0.25) is 0 Å². The van der Waals surface area contributed by atoms with E-state index in [0.717, 1.165) is 23.2 Å². The van der Waals surface area contributed by atoms with Crippen LogP contribution in [0.1, 0.15) is 18.1 Å². The van der Waals surface area contributed by atoms with E-state index in [2.05, 4.69) is 0 Å². The van der Waals surface area contributed by atoms with Crippen LogP contribution >= 0.6 is 0 Å². The van der Waals surface area contributed by atoms with Gasteiger partial charge in [-0.15, -0.1) is 0 Å². The molecule has 0 amide bonds. The molecule has 2 aromatic carbocycles. The lowest BCUT2D eigenvalue weighted by atomic mass is 10.1. The molecule has 0 bridgehead atoms. The molecule has 0 aromatic heterocycles. The first-order valence-electron chi connectivity index (χ1n) is 8.72. The van der Waals surface area contributed by atoms with Crippen molar-refractivity contribution in [1.82, 2.24) is 0 Å². The average molecular weight is 356 g/mol. The summed E-state index contributed by atoms with van der Waals surface area (Å²) in [4.78, 5) is 11.4. The smallest absolute Gasteiger partial charge is 0.151 e. The van der Waals surface area contributed by atoms with E-state index in [9.17, 15) is 4.79 Å². The molecule has 1 aliphatic heterocycles. The van der Waals surface area contributed by atoms with Crippen molar-refractivity contribution >= 4 is 6.29 Å². The van der Waals surface area contributed by atoms with Crippen LogP contribution in [0.25, 0.3) is 0 Å². The summed E-state index contributed by atoms with van der Waals surface area (Å²) in [6.07, 6.45) is -0.781. The second-order valence-electron chi connectivity index (χ2n) is 6.33.